The Bertz CT molecular complexity index is 491. The Hall–Kier alpha value is -1.07. The van der Waals surface area contributed by atoms with E-state index in [1.54, 1.807) is 31.2 Å². The number of rotatable bonds is 5. The van der Waals surface area contributed by atoms with Crippen molar-refractivity contribution in [3.8, 4) is 0 Å². The highest BCUT2D eigenvalue weighted by molar-refractivity contribution is 7.91. The third-order valence-corrected chi connectivity index (χ3v) is 5.01. The van der Waals surface area contributed by atoms with Crippen molar-refractivity contribution in [1.29, 1.82) is 0 Å². The third kappa shape index (κ3) is 3.03. The fraction of sp³-hybridized carbons (Fsp3) is 0.538. The molecule has 102 valence electrons. The number of aliphatic hydroxyl groups is 1. The minimum atomic E-state index is -3.15. The van der Waals surface area contributed by atoms with Crippen LogP contribution in [0.4, 0.5) is 5.69 Å². The number of anilines is 1. The van der Waals surface area contributed by atoms with Crippen LogP contribution in [0.25, 0.3) is 0 Å². The van der Waals surface area contributed by atoms with Crippen LogP contribution in [0.5, 0.6) is 0 Å². The van der Waals surface area contributed by atoms with E-state index in [2.05, 4.69) is 0 Å². The Morgan fingerprint density at radius 3 is 2.11 bits per heavy atom. The zero-order valence-electron chi connectivity index (χ0n) is 11.3. The van der Waals surface area contributed by atoms with Gasteiger partial charge in [0.1, 0.15) is 0 Å². The second-order valence-electron chi connectivity index (χ2n) is 4.93. The Kier molecular flexibility index (Phi) is 4.40. The van der Waals surface area contributed by atoms with Crippen molar-refractivity contribution in [2.24, 2.45) is 0 Å². The van der Waals surface area contributed by atoms with Gasteiger partial charge in [0.25, 0.3) is 0 Å². The van der Waals surface area contributed by atoms with Crippen LogP contribution in [0, 0.1) is 0 Å². The first-order valence-electron chi connectivity index (χ1n) is 5.92. The average molecular weight is 271 g/mol. The normalized spacial score (nSPS) is 12.5. The Labute approximate surface area is 109 Å². The molecule has 1 aromatic carbocycles. The van der Waals surface area contributed by atoms with Gasteiger partial charge < -0.3 is 10.0 Å². The SMILES string of the molecule is CCS(=O)(=O)c1ccc(N(C)C(C)(C)CO)cc1. The largest absolute Gasteiger partial charge is 0.394 e. The molecule has 4 nitrogen and oxygen atoms in total. The Morgan fingerprint density at radius 2 is 1.72 bits per heavy atom. The first-order chi connectivity index (χ1) is 8.24. The van der Waals surface area contributed by atoms with Crippen molar-refractivity contribution in [2.45, 2.75) is 31.2 Å². The number of benzene rings is 1. The molecule has 0 aliphatic heterocycles. The molecule has 0 saturated heterocycles. The van der Waals surface area contributed by atoms with Gasteiger partial charge in [0.05, 0.1) is 22.8 Å². The van der Waals surface area contributed by atoms with Gasteiger partial charge in [-0.15, -0.1) is 0 Å². The van der Waals surface area contributed by atoms with E-state index in [4.69, 9.17) is 0 Å². The van der Waals surface area contributed by atoms with Crippen LogP contribution in [0.15, 0.2) is 29.2 Å². The molecule has 0 bridgehead atoms. The van der Waals surface area contributed by atoms with Crippen LogP contribution in [-0.4, -0.2) is 38.5 Å². The molecule has 0 saturated carbocycles. The highest BCUT2D eigenvalue weighted by atomic mass is 32.2. The lowest BCUT2D eigenvalue weighted by Gasteiger charge is -2.35. The van der Waals surface area contributed by atoms with Crippen LogP contribution in [0.2, 0.25) is 0 Å². The molecule has 0 heterocycles. The fourth-order valence-electron chi connectivity index (χ4n) is 1.50. The van der Waals surface area contributed by atoms with Gasteiger partial charge in [-0.1, -0.05) is 6.92 Å². The van der Waals surface area contributed by atoms with Crippen LogP contribution in [-0.2, 0) is 9.84 Å². The number of likely N-dealkylation sites (N-methyl/N-ethyl adjacent to an activating group) is 1. The molecule has 0 radical (unpaired) electrons. The van der Waals surface area contributed by atoms with Gasteiger partial charge in [-0.05, 0) is 38.1 Å². The van der Waals surface area contributed by atoms with Crippen LogP contribution < -0.4 is 4.90 Å². The molecular weight excluding hydrogens is 250 g/mol. The Morgan fingerprint density at radius 1 is 1.22 bits per heavy atom. The fourth-order valence-corrected chi connectivity index (χ4v) is 2.38. The van der Waals surface area contributed by atoms with Gasteiger partial charge in [0.2, 0.25) is 0 Å². The van der Waals surface area contributed by atoms with Crippen molar-refractivity contribution in [2.75, 3.05) is 24.3 Å². The van der Waals surface area contributed by atoms with E-state index in [0.717, 1.165) is 5.69 Å². The predicted molar refractivity (Wildman–Crippen MR) is 73.7 cm³/mol. The summed E-state index contributed by atoms with van der Waals surface area (Å²) in [6, 6.07) is 6.75. The van der Waals surface area contributed by atoms with Crippen LogP contribution in [0.3, 0.4) is 0 Å². The van der Waals surface area contributed by atoms with Crippen molar-refractivity contribution in [3.63, 3.8) is 0 Å². The molecule has 18 heavy (non-hydrogen) atoms. The molecule has 0 spiro atoms. The molecule has 0 fully saturated rings. The highest BCUT2D eigenvalue weighted by Crippen LogP contribution is 2.23. The molecule has 0 aliphatic carbocycles. The minimum absolute atomic E-state index is 0.0263. The molecule has 1 rings (SSSR count). The van der Waals surface area contributed by atoms with Gasteiger partial charge in [0.15, 0.2) is 9.84 Å². The smallest absolute Gasteiger partial charge is 0.178 e. The summed E-state index contributed by atoms with van der Waals surface area (Å²) in [7, 11) is -1.28. The lowest BCUT2D eigenvalue weighted by molar-refractivity contribution is 0.216. The summed E-state index contributed by atoms with van der Waals surface area (Å²) in [5, 5.41) is 9.31. The molecule has 0 atom stereocenters. The zero-order valence-corrected chi connectivity index (χ0v) is 12.2. The van der Waals surface area contributed by atoms with E-state index < -0.39 is 9.84 Å². The number of aliphatic hydroxyl groups excluding tert-OH is 1. The summed E-state index contributed by atoms with van der Waals surface area (Å²) in [4.78, 5) is 2.26. The zero-order chi connectivity index (χ0) is 14.0. The van der Waals surface area contributed by atoms with Crippen molar-refractivity contribution in [1.82, 2.24) is 0 Å². The van der Waals surface area contributed by atoms with Gasteiger partial charge >= 0.3 is 0 Å². The number of sulfone groups is 1. The van der Waals surface area contributed by atoms with Crippen molar-refractivity contribution in [3.05, 3.63) is 24.3 Å². The third-order valence-electron chi connectivity index (χ3n) is 3.26. The Balaban J connectivity index is 3.04. The average Bonchev–Trinajstić information content (AvgIpc) is 2.38. The van der Waals surface area contributed by atoms with E-state index >= 15 is 0 Å². The quantitative estimate of drug-likeness (QED) is 0.885. The maximum Gasteiger partial charge on any atom is 0.178 e. The maximum absolute atomic E-state index is 11.7. The molecule has 5 heteroatoms. The van der Waals surface area contributed by atoms with E-state index in [-0.39, 0.29) is 17.9 Å². The molecule has 0 amide bonds. The lowest BCUT2D eigenvalue weighted by Crippen LogP contribution is -2.44. The van der Waals surface area contributed by atoms with Gasteiger partial charge in [0, 0.05) is 12.7 Å². The molecule has 0 aromatic heterocycles. The lowest BCUT2D eigenvalue weighted by atomic mass is 10.0. The van der Waals surface area contributed by atoms with Crippen LogP contribution in [0.1, 0.15) is 20.8 Å². The molecule has 1 N–H and O–H groups in total. The summed E-state index contributed by atoms with van der Waals surface area (Å²) in [5.41, 5.74) is 0.495. The number of hydrogen-bond acceptors (Lipinski definition) is 4. The topological polar surface area (TPSA) is 57.6 Å². The second-order valence-corrected chi connectivity index (χ2v) is 7.21. The molecule has 0 aliphatic rings. The van der Waals surface area contributed by atoms with E-state index in [1.165, 1.54) is 0 Å². The standard InChI is InChI=1S/C13H21NO3S/c1-5-18(16,17)12-8-6-11(7-9-12)14(4)13(2,3)10-15/h6-9,15H,5,10H2,1-4H3. The van der Waals surface area contributed by atoms with Crippen LogP contribution >= 0.6 is 0 Å². The molecule has 0 unspecified atom stereocenters. The summed E-state index contributed by atoms with van der Waals surface area (Å²) in [5.74, 6) is 0.102. The summed E-state index contributed by atoms with van der Waals surface area (Å²) >= 11 is 0. The van der Waals surface area contributed by atoms with Gasteiger partial charge in [-0.25, -0.2) is 8.42 Å². The van der Waals surface area contributed by atoms with Gasteiger partial charge in [-0.3, -0.25) is 0 Å². The highest BCUT2D eigenvalue weighted by Gasteiger charge is 2.23. The molecule has 1 aromatic rings. The van der Waals surface area contributed by atoms with Gasteiger partial charge in [-0.2, -0.15) is 0 Å². The van der Waals surface area contributed by atoms with E-state index in [9.17, 15) is 13.5 Å². The summed E-state index contributed by atoms with van der Waals surface area (Å²) < 4.78 is 23.4. The second kappa shape index (κ2) is 5.28. The summed E-state index contributed by atoms with van der Waals surface area (Å²) in [6.45, 7) is 5.50. The minimum Gasteiger partial charge on any atom is -0.394 e. The van der Waals surface area contributed by atoms with E-state index in [1.807, 2.05) is 25.8 Å². The van der Waals surface area contributed by atoms with Crippen molar-refractivity contribution < 1.29 is 13.5 Å². The van der Waals surface area contributed by atoms with E-state index in [0.29, 0.717) is 4.90 Å². The first-order valence-corrected chi connectivity index (χ1v) is 7.57. The number of hydrogen-bond donors (Lipinski definition) is 1. The van der Waals surface area contributed by atoms with Crippen molar-refractivity contribution >= 4 is 15.5 Å². The monoisotopic (exact) mass is 271 g/mol. The maximum atomic E-state index is 11.7. The molecular formula is C13H21NO3S. The first kappa shape index (κ1) is 15.0. The summed E-state index contributed by atoms with van der Waals surface area (Å²) in [6.07, 6.45) is 0. The predicted octanol–water partition coefficient (Wildman–Crippen LogP) is 1.69. The number of nitrogens with zero attached hydrogens (tertiary/aromatic N) is 1.